The third-order valence-corrected chi connectivity index (χ3v) is 3.55. The summed E-state index contributed by atoms with van der Waals surface area (Å²) in [4.78, 5) is 23.1. The van der Waals surface area contributed by atoms with Gasteiger partial charge in [-0.1, -0.05) is 24.4 Å². The zero-order valence-electron chi connectivity index (χ0n) is 11.2. The van der Waals surface area contributed by atoms with E-state index >= 15 is 0 Å². The highest BCUT2D eigenvalue weighted by Gasteiger charge is 2.23. The van der Waals surface area contributed by atoms with Gasteiger partial charge >= 0.3 is 11.8 Å². The molecule has 7 nitrogen and oxygen atoms in total. The van der Waals surface area contributed by atoms with Crippen LogP contribution in [0.5, 0.6) is 0 Å². The average Bonchev–Trinajstić information content (AvgIpc) is 2.98. The number of carbonyl (C=O) groups excluding carboxylic acids is 2. The van der Waals surface area contributed by atoms with E-state index in [2.05, 4.69) is 20.3 Å². The molecule has 0 spiro atoms. The van der Waals surface area contributed by atoms with Crippen molar-refractivity contribution in [2.24, 2.45) is 5.92 Å². The maximum absolute atomic E-state index is 11.6. The van der Waals surface area contributed by atoms with Gasteiger partial charge < -0.3 is 14.9 Å². The molecule has 2 amide bonds. The van der Waals surface area contributed by atoms with Gasteiger partial charge in [0.15, 0.2) is 5.82 Å². The molecule has 0 unspecified atom stereocenters. The van der Waals surface area contributed by atoms with Crippen LogP contribution < -0.4 is 10.6 Å². The zero-order valence-corrected chi connectivity index (χ0v) is 11.2. The molecular formula is C13H19N3O4. The molecule has 0 aromatic carbocycles. The first-order valence-corrected chi connectivity index (χ1v) is 6.84. The topological polar surface area (TPSA) is 104 Å². The number of aliphatic hydroxyl groups is 1. The lowest BCUT2D eigenvalue weighted by Gasteiger charge is -2.26. The molecule has 1 aliphatic carbocycles. The SMILES string of the molecule is O=C(NC[C@H](O)C1CCCCC1)C(=O)Nc1ccon1. The molecule has 3 N–H and O–H groups in total. The van der Waals surface area contributed by atoms with Crippen molar-refractivity contribution in [1.82, 2.24) is 10.5 Å². The van der Waals surface area contributed by atoms with Crippen molar-refractivity contribution in [2.75, 3.05) is 11.9 Å². The number of hydrogen-bond acceptors (Lipinski definition) is 5. The van der Waals surface area contributed by atoms with E-state index in [0.717, 1.165) is 25.7 Å². The summed E-state index contributed by atoms with van der Waals surface area (Å²) in [5.74, 6) is -1.22. The van der Waals surface area contributed by atoms with Crippen molar-refractivity contribution in [3.63, 3.8) is 0 Å². The van der Waals surface area contributed by atoms with Gasteiger partial charge in [0.25, 0.3) is 0 Å². The van der Waals surface area contributed by atoms with Gasteiger partial charge in [0.2, 0.25) is 0 Å². The van der Waals surface area contributed by atoms with Gasteiger partial charge in [-0.2, -0.15) is 0 Å². The second kappa shape index (κ2) is 7.04. The van der Waals surface area contributed by atoms with Gasteiger partial charge in [-0.15, -0.1) is 0 Å². The van der Waals surface area contributed by atoms with Crippen molar-refractivity contribution >= 4 is 17.6 Å². The van der Waals surface area contributed by atoms with E-state index < -0.39 is 17.9 Å². The summed E-state index contributed by atoms with van der Waals surface area (Å²) in [5, 5.41) is 18.2. The monoisotopic (exact) mass is 281 g/mol. The number of carbonyl (C=O) groups is 2. The summed E-state index contributed by atoms with van der Waals surface area (Å²) >= 11 is 0. The second-order valence-electron chi connectivity index (χ2n) is 5.01. The standard InChI is InChI=1S/C13H19N3O4/c17-10(9-4-2-1-3-5-9)8-14-12(18)13(19)15-11-6-7-20-16-11/h6-7,9-10,17H,1-5,8H2,(H,14,18)(H,15,16,19)/t10-/m0/s1. The van der Waals surface area contributed by atoms with Crippen LogP contribution >= 0.6 is 0 Å². The Hall–Kier alpha value is -1.89. The summed E-state index contributed by atoms with van der Waals surface area (Å²) in [5.41, 5.74) is 0. The first kappa shape index (κ1) is 14.5. The summed E-state index contributed by atoms with van der Waals surface area (Å²) in [6, 6.07) is 1.43. The summed E-state index contributed by atoms with van der Waals surface area (Å²) in [6.45, 7) is 0.0930. The van der Waals surface area contributed by atoms with Crippen LogP contribution in [0.3, 0.4) is 0 Å². The Kier molecular flexibility index (Phi) is 5.11. The number of amides is 2. The van der Waals surface area contributed by atoms with Crippen molar-refractivity contribution in [1.29, 1.82) is 0 Å². The molecule has 0 radical (unpaired) electrons. The van der Waals surface area contributed by atoms with Gasteiger partial charge in [0, 0.05) is 12.6 Å². The largest absolute Gasteiger partial charge is 0.391 e. The molecule has 110 valence electrons. The van der Waals surface area contributed by atoms with Crippen molar-refractivity contribution < 1.29 is 19.2 Å². The summed E-state index contributed by atoms with van der Waals surface area (Å²) < 4.78 is 4.54. The van der Waals surface area contributed by atoms with Crippen LogP contribution in [0, 0.1) is 5.92 Å². The zero-order chi connectivity index (χ0) is 14.4. The van der Waals surface area contributed by atoms with Gasteiger partial charge in [0.1, 0.15) is 6.26 Å². The van der Waals surface area contributed by atoms with E-state index in [1.165, 1.54) is 18.8 Å². The predicted molar refractivity (Wildman–Crippen MR) is 70.7 cm³/mol. The van der Waals surface area contributed by atoms with Gasteiger partial charge in [-0.3, -0.25) is 14.9 Å². The Labute approximate surface area is 116 Å². The lowest BCUT2D eigenvalue weighted by molar-refractivity contribution is -0.136. The molecular weight excluding hydrogens is 262 g/mol. The van der Waals surface area contributed by atoms with Crippen molar-refractivity contribution in [3.05, 3.63) is 12.3 Å². The molecule has 1 aromatic heterocycles. The smallest absolute Gasteiger partial charge is 0.314 e. The molecule has 1 heterocycles. The lowest BCUT2D eigenvalue weighted by atomic mass is 9.85. The number of aliphatic hydroxyl groups excluding tert-OH is 1. The molecule has 0 bridgehead atoms. The predicted octanol–water partition coefficient (Wildman–Crippen LogP) is 0.670. The minimum absolute atomic E-state index is 0.0930. The van der Waals surface area contributed by atoms with Crippen LogP contribution in [-0.2, 0) is 9.59 Å². The third-order valence-electron chi connectivity index (χ3n) is 3.55. The molecule has 20 heavy (non-hydrogen) atoms. The Morgan fingerprint density at radius 2 is 2.10 bits per heavy atom. The second-order valence-corrected chi connectivity index (χ2v) is 5.01. The number of rotatable bonds is 4. The number of aromatic nitrogens is 1. The number of nitrogens with zero attached hydrogens (tertiary/aromatic N) is 1. The Balaban J connectivity index is 1.72. The lowest BCUT2D eigenvalue weighted by Crippen LogP contribution is -2.42. The fourth-order valence-electron chi connectivity index (χ4n) is 2.41. The number of nitrogens with one attached hydrogen (secondary N) is 2. The first-order chi connectivity index (χ1) is 9.66. The number of anilines is 1. The Morgan fingerprint density at radius 3 is 2.75 bits per heavy atom. The number of hydrogen-bond donors (Lipinski definition) is 3. The van der Waals surface area contributed by atoms with Crippen LogP contribution in [0.4, 0.5) is 5.82 Å². The van der Waals surface area contributed by atoms with E-state index in [1.54, 1.807) is 0 Å². The van der Waals surface area contributed by atoms with Gasteiger partial charge in [-0.25, -0.2) is 0 Å². The van der Waals surface area contributed by atoms with E-state index in [-0.39, 0.29) is 18.3 Å². The average molecular weight is 281 g/mol. The van der Waals surface area contributed by atoms with E-state index in [4.69, 9.17) is 0 Å². The fourth-order valence-corrected chi connectivity index (χ4v) is 2.41. The van der Waals surface area contributed by atoms with Crippen molar-refractivity contribution in [3.8, 4) is 0 Å². The Morgan fingerprint density at radius 1 is 1.35 bits per heavy atom. The summed E-state index contributed by atoms with van der Waals surface area (Å²) in [7, 11) is 0. The highest BCUT2D eigenvalue weighted by Crippen LogP contribution is 2.26. The molecule has 1 atom stereocenters. The highest BCUT2D eigenvalue weighted by molar-refractivity contribution is 6.39. The molecule has 2 rings (SSSR count). The van der Waals surface area contributed by atoms with Crippen LogP contribution in [0.1, 0.15) is 32.1 Å². The Bertz CT molecular complexity index is 440. The molecule has 1 fully saturated rings. The summed E-state index contributed by atoms with van der Waals surface area (Å²) in [6.07, 6.45) is 6.07. The maximum atomic E-state index is 11.6. The van der Waals surface area contributed by atoms with Gasteiger partial charge in [-0.05, 0) is 18.8 Å². The highest BCUT2D eigenvalue weighted by atomic mass is 16.5. The van der Waals surface area contributed by atoms with Crippen LogP contribution in [-0.4, -0.2) is 34.7 Å². The molecule has 1 saturated carbocycles. The maximum Gasteiger partial charge on any atom is 0.314 e. The molecule has 1 aromatic rings. The molecule has 7 heteroatoms. The van der Waals surface area contributed by atoms with E-state index in [1.807, 2.05) is 0 Å². The quantitative estimate of drug-likeness (QED) is 0.704. The minimum Gasteiger partial charge on any atom is -0.391 e. The van der Waals surface area contributed by atoms with Crippen LogP contribution in [0.15, 0.2) is 16.9 Å². The fraction of sp³-hybridized carbons (Fsp3) is 0.615. The van der Waals surface area contributed by atoms with E-state index in [9.17, 15) is 14.7 Å². The molecule has 1 aliphatic rings. The van der Waals surface area contributed by atoms with E-state index in [0.29, 0.717) is 0 Å². The van der Waals surface area contributed by atoms with Crippen LogP contribution in [0.25, 0.3) is 0 Å². The van der Waals surface area contributed by atoms with Gasteiger partial charge in [0.05, 0.1) is 6.10 Å². The molecule has 0 saturated heterocycles. The third kappa shape index (κ3) is 4.06. The van der Waals surface area contributed by atoms with Crippen molar-refractivity contribution in [2.45, 2.75) is 38.2 Å². The normalized spacial score (nSPS) is 17.4. The van der Waals surface area contributed by atoms with Crippen LogP contribution in [0.2, 0.25) is 0 Å². The molecule has 0 aliphatic heterocycles. The first-order valence-electron chi connectivity index (χ1n) is 6.84. The minimum atomic E-state index is -0.824.